The SMILES string of the molecule is CCCCN1C(=O)CC(C(=O)NCCCCN)C1c1ccc(OC)cc1. The molecule has 2 atom stereocenters. The largest absolute Gasteiger partial charge is 0.497 e. The van der Waals surface area contributed by atoms with Crippen LogP contribution in [-0.4, -0.2) is 43.5 Å². The molecule has 1 aromatic carbocycles. The third kappa shape index (κ3) is 4.97. The number of hydrogen-bond acceptors (Lipinski definition) is 4. The summed E-state index contributed by atoms with van der Waals surface area (Å²) in [6.45, 7) is 4.01. The first-order valence-electron chi connectivity index (χ1n) is 9.53. The number of amides is 2. The normalized spacial score (nSPS) is 19.7. The van der Waals surface area contributed by atoms with Gasteiger partial charge in [0.05, 0.1) is 19.1 Å². The van der Waals surface area contributed by atoms with Gasteiger partial charge in [0.15, 0.2) is 0 Å². The van der Waals surface area contributed by atoms with Gasteiger partial charge < -0.3 is 20.7 Å². The van der Waals surface area contributed by atoms with Gasteiger partial charge in [-0.15, -0.1) is 0 Å². The molecular formula is C20H31N3O3. The van der Waals surface area contributed by atoms with Gasteiger partial charge in [0.1, 0.15) is 5.75 Å². The van der Waals surface area contributed by atoms with Crippen molar-refractivity contribution in [3.05, 3.63) is 29.8 Å². The van der Waals surface area contributed by atoms with Crippen LogP contribution in [0.25, 0.3) is 0 Å². The minimum atomic E-state index is -0.356. The Morgan fingerprint density at radius 3 is 2.62 bits per heavy atom. The molecule has 3 N–H and O–H groups in total. The van der Waals surface area contributed by atoms with Crippen LogP contribution >= 0.6 is 0 Å². The second-order valence-electron chi connectivity index (χ2n) is 6.76. The first-order valence-corrected chi connectivity index (χ1v) is 9.53. The minimum absolute atomic E-state index is 0.0461. The standard InChI is InChI=1S/C20H31N3O3/c1-3-4-13-23-18(24)14-17(20(25)22-12-6-5-11-21)19(23)15-7-9-16(26-2)10-8-15/h7-10,17,19H,3-6,11-14,21H2,1-2H3,(H,22,25). The van der Waals surface area contributed by atoms with Crippen LogP contribution in [0.2, 0.25) is 0 Å². The molecular weight excluding hydrogens is 330 g/mol. The van der Waals surface area contributed by atoms with Gasteiger partial charge in [-0.2, -0.15) is 0 Å². The number of hydrogen-bond donors (Lipinski definition) is 2. The maximum absolute atomic E-state index is 12.7. The summed E-state index contributed by atoms with van der Waals surface area (Å²) in [7, 11) is 1.62. The monoisotopic (exact) mass is 361 g/mol. The van der Waals surface area contributed by atoms with Crippen molar-refractivity contribution in [2.45, 2.75) is 45.1 Å². The molecule has 1 aliphatic heterocycles. The number of ether oxygens (including phenoxy) is 1. The van der Waals surface area contributed by atoms with Crippen LogP contribution in [-0.2, 0) is 9.59 Å². The van der Waals surface area contributed by atoms with Gasteiger partial charge in [-0.1, -0.05) is 25.5 Å². The maximum Gasteiger partial charge on any atom is 0.226 e. The van der Waals surface area contributed by atoms with Crippen molar-refractivity contribution >= 4 is 11.8 Å². The molecule has 0 bridgehead atoms. The number of nitrogens with two attached hydrogens (primary N) is 1. The quantitative estimate of drug-likeness (QED) is 0.626. The Balaban J connectivity index is 2.18. The molecule has 0 radical (unpaired) electrons. The summed E-state index contributed by atoms with van der Waals surface area (Å²) < 4.78 is 5.23. The van der Waals surface area contributed by atoms with Crippen LogP contribution in [0.4, 0.5) is 0 Å². The molecule has 0 aliphatic carbocycles. The highest BCUT2D eigenvalue weighted by Gasteiger charge is 2.43. The Hall–Kier alpha value is -2.08. The van der Waals surface area contributed by atoms with Gasteiger partial charge in [0.25, 0.3) is 0 Å². The Morgan fingerprint density at radius 1 is 1.27 bits per heavy atom. The van der Waals surface area contributed by atoms with Crippen molar-refractivity contribution in [2.24, 2.45) is 11.7 Å². The van der Waals surface area contributed by atoms with E-state index in [1.807, 2.05) is 29.2 Å². The van der Waals surface area contributed by atoms with Crippen molar-refractivity contribution in [1.29, 1.82) is 0 Å². The third-order valence-electron chi connectivity index (χ3n) is 4.91. The first kappa shape index (κ1) is 20.2. The highest BCUT2D eigenvalue weighted by molar-refractivity contribution is 5.90. The molecule has 26 heavy (non-hydrogen) atoms. The van der Waals surface area contributed by atoms with Gasteiger partial charge in [-0.3, -0.25) is 9.59 Å². The predicted octanol–water partition coefficient (Wildman–Crippen LogP) is 2.24. The number of carbonyl (C=O) groups excluding carboxylic acids is 2. The highest BCUT2D eigenvalue weighted by Crippen LogP contribution is 2.39. The molecule has 1 aliphatic rings. The van der Waals surface area contributed by atoms with Gasteiger partial charge in [-0.05, 0) is 43.5 Å². The summed E-state index contributed by atoms with van der Waals surface area (Å²) in [4.78, 5) is 27.2. The number of methoxy groups -OCH3 is 1. The second kappa shape index (κ2) is 10.2. The molecule has 1 aromatic rings. The Bertz CT molecular complexity index is 588. The molecule has 0 spiro atoms. The lowest BCUT2D eigenvalue weighted by Gasteiger charge is -2.28. The van der Waals surface area contributed by atoms with Crippen LogP contribution in [0.1, 0.15) is 50.6 Å². The Morgan fingerprint density at radius 2 is 2.00 bits per heavy atom. The van der Waals surface area contributed by atoms with Gasteiger partial charge in [0.2, 0.25) is 11.8 Å². The van der Waals surface area contributed by atoms with E-state index in [1.165, 1.54) is 0 Å². The molecule has 0 saturated carbocycles. The van der Waals surface area contributed by atoms with E-state index in [0.29, 0.717) is 19.6 Å². The van der Waals surface area contributed by atoms with E-state index >= 15 is 0 Å². The molecule has 1 fully saturated rings. The Kier molecular flexibility index (Phi) is 7.91. The molecule has 6 heteroatoms. The van der Waals surface area contributed by atoms with Gasteiger partial charge in [-0.25, -0.2) is 0 Å². The lowest BCUT2D eigenvalue weighted by molar-refractivity contribution is -0.129. The van der Waals surface area contributed by atoms with Crippen molar-refractivity contribution in [1.82, 2.24) is 10.2 Å². The number of nitrogens with zero attached hydrogens (tertiary/aromatic N) is 1. The fraction of sp³-hybridized carbons (Fsp3) is 0.600. The molecule has 2 amide bonds. The number of benzene rings is 1. The summed E-state index contributed by atoms with van der Waals surface area (Å²) in [5, 5.41) is 2.98. The summed E-state index contributed by atoms with van der Waals surface area (Å²) in [6, 6.07) is 7.46. The number of unbranched alkanes of at least 4 members (excludes halogenated alkanes) is 2. The molecule has 2 unspecified atom stereocenters. The van der Waals surface area contributed by atoms with E-state index in [2.05, 4.69) is 12.2 Å². The van der Waals surface area contributed by atoms with Crippen molar-refractivity contribution < 1.29 is 14.3 Å². The van der Waals surface area contributed by atoms with Crippen molar-refractivity contribution in [3.8, 4) is 5.75 Å². The molecule has 2 rings (SSSR count). The van der Waals surface area contributed by atoms with Gasteiger partial charge >= 0.3 is 0 Å². The third-order valence-corrected chi connectivity index (χ3v) is 4.91. The Labute approximate surface area is 156 Å². The smallest absolute Gasteiger partial charge is 0.226 e. The van der Waals surface area contributed by atoms with Crippen molar-refractivity contribution in [3.63, 3.8) is 0 Å². The van der Waals surface area contributed by atoms with Crippen LogP contribution in [0, 0.1) is 5.92 Å². The number of carbonyl (C=O) groups is 2. The molecule has 0 aromatic heterocycles. The van der Waals surface area contributed by atoms with E-state index < -0.39 is 0 Å². The molecule has 144 valence electrons. The van der Waals surface area contributed by atoms with E-state index in [1.54, 1.807) is 7.11 Å². The summed E-state index contributed by atoms with van der Waals surface area (Å²) in [5.74, 6) is 0.420. The van der Waals surface area contributed by atoms with Crippen LogP contribution < -0.4 is 15.8 Å². The highest BCUT2D eigenvalue weighted by atomic mass is 16.5. The number of likely N-dealkylation sites (tertiary alicyclic amines) is 1. The molecule has 1 heterocycles. The first-order chi connectivity index (χ1) is 12.6. The van der Waals surface area contributed by atoms with Crippen molar-refractivity contribution in [2.75, 3.05) is 26.7 Å². The molecule has 6 nitrogen and oxygen atoms in total. The number of rotatable bonds is 10. The average Bonchev–Trinajstić information content (AvgIpc) is 2.99. The van der Waals surface area contributed by atoms with E-state index in [-0.39, 0.29) is 30.2 Å². The van der Waals surface area contributed by atoms with Crippen LogP contribution in [0.3, 0.4) is 0 Å². The zero-order valence-electron chi connectivity index (χ0n) is 15.9. The lowest BCUT2D eigenvalue weighted by Crippen LogP contribution is -2.36. The maximum atomic E-state index is 12.7. The molecule has 1 saturated heterocycles. The summed E-state index contributed by atoms with van der Waals surface area (Å²) >= 11 is 0. The zero-order valence-corrected chi connectivity index (χ0v) is 15.9. The van der Waals surface area contributed by atoms with E-state index in [4.69, 9.17) is 10.5 Å². The summed E-state index contributed by atoms with van der Waals surface area (Å²) in [6.07, 6.45) is 3.95. The topological polar surface area (TPSA) is 84.7 Å². The van der Waals surface area contributed by atoms with Crippen LogP contribution in [0.15, 0.2) is 24.3 Å². The second-order valence-corrected chi connectivity index (χ2v) is 6.76. The van der Waals surface area contributed by atoms with Gasteiger partial charge in [0, 0.05) is 19.5 Å². The summed E-state index contributed by atoms with van der Waals surface area (Å²) in [5.41, 5.74) is 6.48. The minimum Gasteiger partial charge on any atom is -0.497 e. The fourth-order valence-corrected chi connectivity index (χ4v) is 3.44. The fourth-order valence-electron chi connectivity index (χ4n) is 3.44. The predicted molar refractivity (Wildman–Crippen MR) is 102 cm³/mol. The zero-order chi connectivity index (χ0) is 18.9. The van der Waals surface area contributed by atoms with Crippen LogP contribution in [0.5, 0.6) is 5.75 Å². The van der Waals surface area contributed by atoms with E-state index in [0.717, 1.165) is 37.0 Å². The number of nitrogens with one attached hydrogen (secondary N) is 1. The van der Waals surface area contributed by atoms with E-state index in [9.17, 15) is 9.59 Å². The lowest BCUT2D eigenvalue weighted by atomic mass is 9.92. The average molecular weight is 361 g/mol.